The Bertz CT molecular complexity index is 509. The highest BCUT2D eigenvalue weighted by atomic mass is 79.9. The minimum atomic E-state index is 0.396. The number of nitrogens with zero attached hydrogens (tertiary/aromatic N) is 2. The molecule has 92 valence electrons. The third-order valence-corrected chi connectivity index (χ3v) is 4.35. The minimum Gasteiger partial charge on any atom is -0.419 e. The first kappa shape index (κ1) is 13.2. The van der Waals surface area contributed by atoms with Crippen molar-refractivity contribution in [2.45, 2.75) is 26.4 Å². The van der Waals surface area contributed by atoms with Gasteiger partial charge in [-0.3, -0.25) is 0 Å². The van der Waals surface area contributed by atoms with Gasteiger partial charge in [0.1, 0.15) is 0 Å². The number of halogens is 2. The molecule has 0 saturated carbocycles. The van der Waals surface area contributed by atoms with E-state index in [1.54, 1.807) is 11.3 Å². The van der Waals surface area contributed by atoms with Gasteiger partial charge in [-0.2, -0.15) is 0 Å². The second-order valence-corrected chi connectivity index (χ2v) is 7.52. The number of hydrogen-bond donors (Lipinski definition) is 1. The summed E-state index contributed by atoms with van der Waals surface area (Å²) in [5, 5.41) is 11.3. The van der Waals surface area contributed by atoms with Crippen molar-refractivity contribution in [3.63, 3.8) is 0 Å². The highest BCUT2D eigenvalue weighted by Gasteiger charge is 2.14. The second kappa shape index (κ2) is 5.60. The van der Waals surface area contributed by atoms with Crippen LogP contribution in [0, 0.1) is 0 Å². The fraction of sp³-hybridized carbons (Fsp3) is 0.400. The molecule has 0 fully saturated rings. The molecule has 7 heteroatoms. The largest absolute Gasteiger partial charge is 0.419 e. The molecule has 0 radical (unpaired) electrons. The quantitative estimate of drug-likeness (QED) is 0.875. The summed E-state index contributed by atoms with van der Waals surface area (Å²) in [6.45, 7) is 4.74. The molecule has 0 bridgehead atoms. The van der Waals surface area contributed by atoms with Crippen LogP contribution in [0.2, 0.25) is 0 Å². The highest BCUT2D eigenvalue weighted by molar-refractivity contribution is 9.12. The first-order valence-electron chi connectivity index (χ1n) is 5.07. The summed E-state index contributed by atoms with van der Waals surface area (Å²) in [5.41, 5.74) is 0.921. The van der Waals surface area contributed by atoms with E-state index >= 15 is 0 Å². The number of hydrogen-bond acceptors (Lipinski definition) is 5. The van der Waals surface area contributed by atoms with E-state index < -0.39 is 0 Å². The molecule has 2 aromatic heterocycles. The van der Waals surface area contributed by atoms with Crippen LogP contribution in [-0.4, -0.2) is 16.2 Å². The average Bonchev–Trinajstić information content (AvgIpc) is 2.82. The molecule has 0 amide bonds. The second-order valence-electron chi connectivity index (χ2n) is 3.77. The van der Waals surface area contributed by atoms with Crippen LogP contribution in [0.4, 0.5) is 0 Å². The van der Waals surface area contributed by atoms with Crippen LogP contribution in [0.15, 0.2) is 18.1 Å². The Balaban J connectivity index is 2.15. The predicted octanol–water partition coefficient (Wildman–Crippen LogP) is 3.82. The third kappa shape index (κ3) is 3.37. The molecular weight excluding hydrogens is 370 g/mol. The van der Waals surface area contributed by atoms with Crippen LogP contribution in [0.3, 0.4) is 0 Å². The normalized spacial score (nSPS) is 11.4. The molecule has 0 aliphatic heterocycles. The van der Waals surface area contributed by atoms with Crippen molar-refractivity contribution in [2.24, 2.45) is 0 Å². The van der Waals surface area contributed by atoms with Gasteiger partial charge in [-0.15, -0.1) is 21.5 Å². The van der Waals surface area contributed by atoms with E-state index in [9.17, 15) is 0 Å². The van der Waals surface area contributed by atoms with Crippen LogP contribution in [0.25, 0.3) is 11.5 Å². The standard InChI is InChI=1S/C10H11Br2N3OS/c1-5(2)13-4-8-14-15-10(16-8)6-3-7(11)17-9(6)12/h3,5,13H,4H2,1-2H3. The van der Waals surface area contributed by atoms with Crippen LogP contribution in [0.5, 0.6) is 0 Å². The summed E-state index contributed by atoms with van der Waals surface area (Å²) in [6, 6.07) is 2.36. The zero-order valence-electron chi connectivity index (χ0n) is 9.33. The Morgan fingerprint density at radius 3 is 2.76 bits per heavy atom. The molecule has 0 atom stereocenters. The SMILES string of the molecule is CC(C)NCc1nnc(-c2cc(Br)sc2Br)o1. The average molecular weight is 381 g/mol. The van der Waals surface area contributed by atoms with Gasteiger partial charge in [-0.05, 0) is 37.9 Å². The van der Waals surface area contributed by atoms with E-state index in [-0.39, 0.29) is 0 Å². The Morgan fingerprint density at radius 2 is 2.18 bits per heavy atom. The Morgan fingerprint density at radius 1 is 1.41 bits per heavy atom. The van der Waals surface area contributed by atoms with E-state index in [1.165, 1.54) is 0 Å². The molecule has 0 saturated heterocycles. The van der Waals surface area contributed by atoms with Gasteiger partial charge in [0.15, 0.2) is 0 Å². The summed E-state index contributed by atoms with van der Waals surface area (Å²) >= 11 is 8.48. The maximum absolute atomic E-state index is 5.59. The number of aromatic nitrogens is 2. The molecule has 0 spiro atoms. The smallest absolute Gasteiger partial charge is 0.249 e. The number of rotatable bonds is 4. The van der Waals surface area contributed by atoms with Gasteiger partial charge in [0.25, 0.3) is 0 Å². The van der Waals surface area contributed by atoms with E-state index in [0.29, 0.717) is 24.4 Å². The summed E-state index contributed by atoms with van der Waals surface area (Å²) in [4.78, 5) is 0. The first-order chi connectivity index (χ1) is 8.06. The molecular formula is C10H11Br2N3OS. The molecule has 4 nitrogen and oxygen atoms in total. The van der Waals surface area contributed by atoms with Crippen LogP contribution < -0.4 is 5.32 Å². The van der Waals surface area contributed by atoms with Gasteiger partial charge >= 0.3 is 0 Å². The molecule has 2 rings (SSSR count). The molecule has 0 aliphatic carbocycles. The molecule has 2 heterocycles. The highest BCUT2D eigenvalue weighted by Crippen LogP contribution is 2.37. The molecule has 0 unspecified atom stereocenters. The molecule has 2 aromatic rings. The fourth-order valence-corrected chi connectivity index (χ4v) is 3.99. The monoisotopic (exact) mass is 379 g/mol. The molecule has 0 aliphatic rings. The molecule has 17 heavy (non-hydrogen) atoms. The predicted molar refractivity (Wildman–Crippen MR) is 75.0 cm³/mol. The van der Waals surface area contributed by atoms with Gasteiger partial charge in [0.05, 0.1) is 19.7 Å². The van der Waals surface area contributed by atoms with E-state index in [4.69, 9.17) is 4.42 Å². The lowest BCUT2D eigenvalue weighted by Gasteiger charge is -2.03. The van der Waals surface area contributed by atoms with E-state index in [2.05, 4.69) is 61.2 Å². The van der Waals surface area contributed by atoms with Gasteiger partial charge in [0.2, 0.25) is 11.8 Å². The van der Waals surface area contributed by atoms with Crippen molar-refractivity contribution in [3.05, 3.63) is 19.5 Å². The van der Waals surface area contributed by atoms with Crippen molar-refractivity contribution in [1.29, 1.82) is 0 Å². The van der Waals surface area contributed by atoms with Crippen molar-refractivity contribution in [3.8, 4) is 11.5 Å². The maximum Gasteiger partial charge on any atom is 0.249 e. The summed E-state index contributed by atoms with van der Waals surface area (Å²) in [5.74, 6) is 1.14. The molecule has 1 N–H and O–H groups in total. The first-order valence-corrected chi connectivity index (χ1v) is 7.47. The minimum absolute atomic E-state index is 0.396. The van der Waals surface area contributed by atoms with Crippen LogP contribution in [-0.2, 0) is 6.54 Å². The van der Waals surface area contributed by atoms with Gasteiger partial charge < -0.3 is 9.73 Å². The van der Waals surface area contributed by atoms with Crippen molar-refractivity contribution < 1.29 is 4.42 Å². The molecule has 0 aromatic carbocycles. The Kier molecular flexibility index (Phi) is 4.35. The number of thiophene rings is 1. The van der Waals surface area contributed by atoms with Crippen LogP contribution >= 0.6 is 43.2 Å². The summed E-state index contributed by atoms with van der Waals surface area (Å²) < 4.78 is 7.60. The lowest BCUT2D eigenvalue weighted by atomic mass is 10.3. The topological polar surface area (TPSA) is 51.0 Å². The van der Waals surface area contributed by atoms with E-state index in [1.807, 2.05) is 6.07 Å². The number of nitrogens with one attached hydrogen (secondary N) is 1. The van der Waals surface area contributed by atoms with Gasteiger partial charge in [0, 0.05) is 6.04 Å². The van der Waals surface area contributed by atoms with Crippen molar-refractivity contribution in [1.82, 2.24) is 15.5 Å². The lowest BCUT2D eigenvalue weighted by molar-refractivity contribution is 0.459. The summed E-state index contributed by atoms with van der Waals surface area (Å²) in [7, 11) is 0. The third-order valence-electron chi connectivity index (χ3n) is 2.02. The van der Waals surface area contributed by atoms with Crippen LogP contribution in [0.1, 0.15) is 19.7 Å². The van der Waals surface area contributed by atoms with Crippen molar-refractivity contribution in [2.75, 3.05) is 0 Å². The Labute approximate surface area is 120 Å². The lowest BCUT2D eigenvalue weighted by Crippen LogP contribution is -2.21. The zero-order valence-corrected chi connectivity index (χ0v) is 13.3. The van der Waals surface area contributed by atoms with Gasteiger partial charge in [-0.25, -0.2) is 0 Å². The van der Waals surface area contributed by atoms with Gasteiger partial charge in [-0.1, -0.05) is 13.8 Å². The summed E-state index contributed by atoms with van der Waals surface area (Å²) in [6.07, 6.45) is 0. The van der Waals surface area contributed by atoms with E-state index in [0.717, 1.165) is 13.1 Å². The maximum atomic E-state index is 5.59. The fourth-order valence-electron chi connectivity index (χ4n) is 1.21. The van der Waals surface area contributed by atoms with Crippen molar-refractivity contribution >= 4 is 43.2 Å². The Hall–Kier alpha value is -0.240. The zero-order chi connectivity index (χ0) is 12.4.